The van der Waals surface area contributed by atoms with Crippen molar-refractivity contribution in [3.05, 3.63) is 23.8 Å². The summed E-state index contributed by atoms with van der Waals surface area (Å²) >= 11 is 0. The van der Waals surface area contributed by atoms with Gasteiger partial charge in [-0.25, -0.2) is 0 Å². The molecule has 0 aromatic heterocycles. The van der Waals surface area contributed by atoms with Crippen LogP contribution in [0.2, 0.25) is 0 Å². The minimum atomic E-state index is 0.0897. The van der Waals surface area contributed by atoms with Crippen LogP contribution < -0.4 is 9.47 Å². The van der Waals surface area contributed by atoms with Crippen LogP contribution in [0.15, 0.2) is 18.2 Å². The van der Waals surface area contributed by atoms with E-state index in [4.69, 9.17) is 9.47 Å². The molecule has 0 spiro atoms. The van der Waals surface area contributed by atoms with E-state index in [9.17, 15) is 4.79 Å². The van der Waals surface area contributed by atoms with Crippen LogP contribution >= 0.6 is 0 Å². The van der Waals surface area contributed by atoms with Crippen molar-refractivity contribution in [1.29, 1.82) is 0 Å². The molecule has 1 aromatic rings. The Balaban J connectivity index is 1.65. The van der Waals surface area contributed by atoms with Crippen molar-refractivity contribution in [2.75, 3.05) is 26.3 Å². The molecule has 3 rings (SSSR count). The SMILES string of the molecule is O=C(COc1cccc2c1CCCO2)N1CCCC1. The Morgan fingerprint density at radius 3 is 2.95 bits per heavy atom. The molecule has 2 aliphatic heterocycles. The molecule has 4 heteroatoms. The number of carbonyl (C=O) groups excluding carboxylic acids is 1. The summed E-state index contributed by atoms with van der Waals surface area (Å²) in [6.07, 6.45) is 4.19. The van der Waals surface area contributed by atoms with Gasteiger partial charge in [0.15, 0.2) is 6.61 Å². The van der Waals surface area contributed by atoms with Gasteiger partial charge < -0.3 is 14.4 Å². The lowest BCUT2D eigenvalue weighted by Gasteiger charge is -2.21. The molecule has 0 bridgehead atoms. The number of amides is 1. The Morgan fingerprint density at radius 2 is 2.11 bits per heavy atom. The minimum Gasteiger partial charge on any atom is -0.493 e. The predicted molar refractivity (Wildman–Crippen MR) is 71.6 cm³/mol. The zero-order valence-corrected chi connectivity index (χ0v) is 11.1. The maximum Gasteiger partial charge on any atom is 0.260 e. The zero-order chi connectivity index (χ0) is 13.1. The van der Waals surface area contributed by atoms with E-state index < -0.39 is 0 Å². The molecular weight excluding hydrogens is 242 g/mol. The highest BCUT2D eigenvalue weighted by molar-refractivity contribution is 5.78. The maximum absolute atomic E-state index is 12.0. The second-order valence-electron chi connectivity index (χ2n) is 5.06. The van der Waals surface area contributed by atoms with Gasteiger partial charge in [-0.2, -0.15) is 0 Å². The summed E-state index contributed by atoms with van der Waals surface area (Å²) in [6.45, 7) is 2.65. The number of hydrogen-bond acceptors (Lipinski definition) is 3. The molecule has 0 radical (unpaired) electrons. The summed E-state index contributed by atoms with van der Waals surface area (Å²) < 4.78 is 11.3. The van der Waals surface area contributed by atoms with Gasteiger partial charge in [0, 0.05) is 18.7 Å². The normalized spacial score (nSPS) is 17.8. The van der Waals surface area contributed by atoms with Crippen LogP contribution in [-0.2, 0) is 11.2 Å². The van der Waals surface area contributed by atoms with Gasteiger partial charge >= 0.3 is 0 Å². The highest BCUT2D eigenvalue weighted by Gasteiger charge is 2.20. The molecular formula is C15H19NO3. The van der Waals surface area contributed by atoms with Gasteiger partial charge in [0.05, 0.1) is 6.61 Å². The van der Waals surface area contributed by atoms with Gasteiger partial charge in [0.1, 0.15) is 11.5 Å². The molecule has 4 nitrogen and oxygen atoms in total. The topological polar surface area (TPSA) is 38.8 Å². The third-order valence-corrected chi connectivity index (χ3v) is 3.73. The van der Waals surface area contributed by atoms with Crippen molar-refractivity contribution < 1.29 is 14.3 Å². The number of nitrogens with zero attached hydrogens (tertiary/aromatic N) is 1. The molecule has 0 N–H and O–H groups in total. The number of hydrogen-bond donors (Lipinski definition) is 0. The fourth-order valence-corrected chi connectivity index (χ4v) is 2.69. The Bertz CT molecular complexity index is 466. The fraction of sp³-hybridized carbons (Fsp3) is 0.533. The smallest absolute Gasteiger partial charge is 0.260 e. The second-order valence-corrected chi connectivity index (χ2v) is 5.06. The fourth-order valence-electron chi connectivity index (χ4n) is 2.69. The Morgan fingerprint density at radius 1 is 1.26 bits per heavy atom. The van der Waals surface area contributed by atoms with Gasteiger partial charge in [-0.1, -0.05) is 6.07 Å². The van der Waals surface area contributed by atoms with E-state index in [2.05, 4.69) is 0 Å². The monoisotopic (exact) mass is 261 g/mol. The molecule has 2 aliphatic rings. The summed E-state index contributed by atoms with van der Waals surface area (Å²) in [5.41, 5.74) is 1.10. The zero-order valence-electron chi connectivity index (χ0n) is 11.1. The van der Waals surface area contributed by atoms with Gasteiger partial charge in [-0.15, -0.1) is 0 Å². The van der Waals surface area contributed by atoms with Crippen molar-refractivity contribution in [1.82, 2.24) is 4.90 Å². The first-order chi connectivity index (χ1) is 9.34. The number of rotatable bonds is 3. The second kappa shape index (κ2) is 5.51. The maximum atomic E-state index is 12.0. The predicted octanol–water partition coefficient (Wildman–Crippen LogP) is 2.01. The third-order valence-electron chi connectivity index (χ3n) is 3.73. The van der Waals surface area contributed by atoms with Crippen LogP contribution in [0.25, 0.3) is 0 Å². The van der Waals surface area contributed by atoms with E-state index in [0.717, 1.165) is 62.4 Å². The van der Waals surface area contributed by atoms with Crippen molar-refractivity contribution in [2.45, 2.75) is 25.7 Å². The number of likely N-dealkylation sites (tertiary alicyclic amines) is 1. The van der Waals surface area contributed by atoms with Crippen LogP contribution in [0.4, 0.5) is 0 Å². The molecule has 0 aliphatic carbocycles. The van der Waals surface area contributed by atoms with Crippen molar-refractivity contribution >= 4 is 5.91 Å². The van der Waals surface area contributed by atoms with Gasteiger partial charge in [0.2, 0.25) is 0 Å². The molecule has 102 valence electrons. The first-order valence-corrected chi connectivity index (χ1v) is 7.00. The summed E-state index contributed by atoms with van der Waals surface area (Å²) in [5.74, 6) is 1.79. The summed E-state index contributed by atoms with van der Waals surface area (Å²) in [6, 6.07) is 5.80. The van der Waals surface area contributed by atoms with Crippen molar-refractivity contribution in [3.63, 3.8) is 0 Å². The van der Waals surface area contributed by atoms with Crippen LogP contribution in [0.1, 0.15) is 24.8 Å². The molecule has 1 amide bonds. The Labute approximate surface area is 113 Å². The number of benzene rings is 1. The Hall–Kier alpha value is -1.71. The molecule has 1 aromatic carbocycles. The minimum absolute atomic E-state index is 0.0897. The molecule has 0 unspecified atom stereocenters. The number of fused-ring (bicyclic) bond motifs is 1. The lowest BCUT2D eigenvalue weighted by molar-refractivity contribution is -0.132. The first-order valence-electron chi connectivity index (χ1n) is 7.00. The van der Waals surface area contributed by atoms with Crippen LogP contribution in [0.5, 0.6) is 11.5 Å². The number of ether oxygens (including phenoxy) is 2. The standard InChI is InChI=1S/C15H19NO3/c17-15(16-8-1-2-9-16)11-19-14-7-3-6-13-12(14)5-4-10-18-13/h3,6-7H,1-2,4-5,8-11H2. The van der Waals surface area contributed by atoms with E-state index in [1.807, 2.05) is 23.1 Å². The molecule has 2 heterocycles. The van der Waals surface area contributed by atoms with E-state index in [0.29, 0.717) is 0 Å². The average molecular weight is 261 g/mol. The Kier molecular flexibility index (Phi) is 3.58. The molecule has 0 saturated carbocycles. The quantitative estimate of drug-likeness (QED) is 0.835. The average Bonchev–Trinajstić information content (AvgIpc) is 2.99. The summed E-state index contributed by atoms with van der Waals surface area (Å²) in [5, 5.41) is 0. The molecule has 1 saturated heterocycles. The van der Waals surface area contributed by atoms with E-state index >= 15 is 0 Å². The summed E-state index contributed by atoms with van der Waals surface area (Å²) in [4.78, 5) is 13.8. The molecule has 1 fully saturated rings. The van der Waals surface area contributed by atoms with Gasteiger partial charge in [0.25, 0.3) is 5.91 Å². The van der Waals surface area contributed by atoms with Crippen molar-refractivity contribution in [2.24, 2.45) is 0 Å². The first kappa shape index (κ1) is 12.3. The van der Waals surface area contributed by atoms with Gasteiger partial charge in [-0.05, 0) is 37.8 Å². The van der Waals surface area contributed by atoms with Crippen LogP contribution in [0, 0.1) is 0 Å². The third kappa shape index (κ3) is 2.67. The van der Waals surface area contributed by atoms with Crippen molar-refractivity contribution in [3.8, 4) is 11.5 Å². The van der Waals surface area contributed by atoms with E-state index in [1.54, 1.807) is 0 Å². The van der Waals surface area contributed by atoms with Gasteiger partial charge in [-0.3, -0.25) is 4.79 Å². The molecule has 19 heavy (non-hydrogen) atoms. The van der Waals surface area contributed by atoms with E-state index in [-0.39, 0.29) is 12.5 Å². The highest BCUT2D eigenvalue weighted by Crippen LogP contribution is 2.32. The lowest BCUT2D eigenvalue weighted by atomic mass is 10.1. The van der Waals surface area contributed by atoms with E-state index in [1.165, 1.54) is 0 Å². The largest absolute Gasteiger partial charge is 0.493 e. The highest BCUT2D eigenvalue weighted by atomic mass is 16.5. The summed E-state index contributed by atoms with van der Waals surface area (Å²) in [7, 11) is 0. The van der Waals surface area contributed by atoms with Crippen LogP contribution in [-0.4, -0.2) is 37.1 Å². The lowest BCUT2D eigenvalue weighted by Crippen LogP contribution is -2.32. The molecule has 0 atom stereocenters. The number of carbonyl (C=O) groups is 1. The van der Waals surface area contributed by atoms with Crippen LogP contribution in [0.3, 0.4) is 0 Å².